The Balaban J connectivity index is 1.73. The second-order valence-corrected chi connectivity index (χ2v) is 7.50. The highest BCUT2D eigenvalue weighted by Gasteiger charge is 2.37. The number of nitrogens with zero attached hydrogens (tertiary/aromatic N) is 1. The maximum Gasteiger partial charge on any atom is 0.270 e. The Morgan fingerprint density at radius 3 is 2.73 bits per heavy atom. The zero-order chi connectivity index (χ0) is 21.3. The van der Waals surface area contributed by atoms with Gasteiger partial charge in [0.15, 0.2) is 11.5 Å². The highest BCUT2D eigenvalue weighted by molar-refractivity contribution is 6.31. The summed E-state index contributed by atoms with van der Waals surface area (Å²) in [5.41, 5.74) is 2.08. The van der Waals surface area contributed by atoms with Gasteiger partial charge in [0.2, 0.25) is 0 Å². The number of aromatic amines is 1. The molecule has 0 radical (unpaired) electrons. The number of ether oxygens (including phenoxy) is 3. The van der Waals surface area contributed by atoms with E-state index >= 15 is 0 Å². The third-order valence-electron chi connectivity index (χ3n) is 5.36. The van der Waals surface area contributed by atoms with E-state index in [2.05, 4.69) is 4.98 Å². The fourth-order valence-electron chi connectivity index (χ4n) is 3.92. The van der Waals surface area contributed by atoms with Crippen LogP contribution in [0.4, 0.5) is 0 Å². The van der Waals surface area contributed by atoms with Gasteiger partial charge in [-0.25, -0.2) is 0 Å². The molecule has 0 unspecified atom stereocenters. The Labute approximate surface area is 179 Å². The molecule has 0 aliphatic carbocycles. The van der Waals surface area contributed by atoms with E-state index < -0.39 is 12.1 Å². The minimum absolute atomic E-state index is 0.177. The predicted molar refractivity (Wildman–Crippen MR) is 113 cm³/mol. The molecule has 1 amide bonds. The highest BCUT2D eigenvalue weighted by atomic mass is 35.5. The molecule has 158 valence electrons. The molecule has 4 rings (SSSR count). The average Bonchev–Trinajstić information content (AvgIpc) is 3.20. The van der Waals surface area contributed by atoms with Crippen LogP contribution in [0, 0.1) is 0 Å². The first-order chi connectivity index (χ1) is 14.5. The van der Waals surface area contributed by atoms with Gasteiger partial charge in [0.25, 0.3) is 5.91 Å². The van der Waals surface area contributed by atoms with Crippen LogP contribution in [0.5, 0.6) is 11.5 Å². The molecule has 0 bridgehead atoms. The molecule has 3 aromatic rings. The topological polar surface area (TPSA) is 84.0 Å². The maximum atomic E-state index is 13.4. The van der Waals surface area contributed by atoms with Crippen LogP contribution in [0.15, 0.2) is 42.5 Å². The van der Waals surface area contributed by atoms with Gasteiger partial charge in [-0.3, -0.25) is 4.79 Å². The highest BCUT2D eigenvalue weighted by Crippen LogP contribution is 2.36. The average molecular weight is 431 g/mol. The molecular weight excluding hydrogens is 408 g/mol. The van der Waals surface area contributed by atoms with Gasteiger partial charge in [0, 0.05) is 22.5 Å². The number of morpholine rings is 1. The lowest BCUT2D eigenvalue weighted by atomic mass is 9.97. The number of carbonyl (C=O) groups excluding carboxylic acids is 1. The summed E-state index contributed by atoms with van der Waals surface area (Å²) in [5.74, 6) is 0.956. The second kappa shape index (κ2) is 8.55. The Morgan fingerprint density at radius 2 is 2.00 bits per heavy atom. The summed E-state index contributed by atoms with van der Waals surface area (Å²) in [5, 5.41) is 11.4. The van der Waals surface area contributed by atoms with Crippen LogP contribution in [-0.2, 0) is 4.74 Å². The number of hydrogen-bond acceptors (Lipinski definition) is 5. The van der Waals surface area contributed by atoms with Gasteiger partial charge in [0.1, 0.15) is 11.8 Å². The largest absolute Gasteiger partial charge is 0.493 e. The monoisotopic (exact) mass is 430 g/mol. The zero-order valence-electron chi connectivity index (χ0n) is 16.7. The van der Waals surface area contributed by atoms with E-state index in [0.717, 1.165) is 16.5 Å². The standard InChI is InChI=1S/C22H23ClN2O5/c1-28-18-6-3-13(11-19(18)29-2)21-20(12-26)30-8-7-25(21)22(27)17-10-14-9-15(23)4-5-16(14)24-17/h3-6,9-11,20-21,24,26H,7-8,12H2,1-2H3/t20-,21-/m1/s1. The molecule has 8 heteroatoms. The number of nitrogens with one attached hydrogen (secondary N) is 1. The van der Waals surface area contributed by atoms with Crippen molar-refractivity contribution in [3.8, 4) is 11.5 Å². The summed E-state index contributed by atoms with van der Waals surface area (Å²) in [6.45, 7) is 0.516. The zero-order valence-corrected chi connectivity index (χ0v) is 17.5. The van der Waals surface area contributed by atoms with Gasteiger partial charge >= 0.3 is 0 Å². The number of methoxy groups -OCH3 is 2. The van der Waals surface area contributed by atoms with Gasteiger partial charge in [-0.2, -0.15) is 0 Å². The van der Waals surface area contributed by atoms with Crippen molar-refractivity contribution in [2.45, 2.75) is 12.1 Å². The molecule has 2 N–H and O–H groups in total. The number of hydrogen-bond donors (Lipinski definition) is 2. The first kappa shape index (κ1) is 20.5. The molecule has 1 aliphatic heterocycles. The molecule has 2 aromatic carbocycles. The van der Waals surface area contributed by atoms with Crippen molar-refractivity contribution in [2.24, 2.45) is 0 Å². The van der Waals surface area contributed by atoms with Crippen LogP contribution in [0.2, 0.25) is 5.02 Å². The van der Waals surface area contributed by atoms with Gasteiger partial charge in [0.05, 0.1) is 33.5 Å². The third kappa shape index (κ3) is 3.71. The third-order valence-corrected chi connectivity index (χ3v) is 5.59. The van der Waals surface area contributed by atoms with Crippen molar-refractivity contribution in [1.29, 1.82) is 0 Å². The number of aliphatic hydroxyl groups excluding tert-OH is 1. The van der Waals surface area contributed by atoms with Crippen LogP contribution in [-0.4, -0.2) is 61.0 Å². The maximum absolute atomic E-state index is 13.4. The first-order valence-electron chi connectivity index (χ1n) is 9.59. The fourth-order valence-corrected chi connectivity index (χ4v) is 4.10. The molecule has 30 heavy (non-hydrogen) atoms. The summed E-state index contributed by atoms with van der Waals surface area (Å²) in [6.07, 6.45) is -0.556. The van der Waals surface area contributed by atoms with Crippen molar-refractivity contribution in [2.75, 3.05) is 34.0 Å². The lowest BCUT2D eigenvalue weighted by Gasteiger charge is -2.40. The number of carbonyl (C=O) groups is 1. The Bertz CT molecular complexity index is 1070. The summed E-state index contributed by atoms with van der Waals surface area (Å²) < 4.78 is 16.5. The number of rotatable bonds is 5. The lowest BCUT2D eigenvalue weighted by molar-refractivity contribution is -0.0812. The van der Waals surface area contributed by atoms with Crippen molar-refractivity contribution < 1.29 is 24.1 Å². The fraction of sp³-hybridized carbons (Fsp3) is 0.318. The molecule has 1 saturated heterocycles. The number of benzene rings is 2. The molecule has 1 aliphatic rings. The molecule has 2 heterocycles. The molecule has 7 nitrogen and oxygen atoms in total. The number of fused-ring (bicyclic) bond motifs is 1. The molecule has 0 spiro atoms. The minimum Gasteiger partial charge on any atom is -0.493 e. The van der Waals surface area contributed by atoms with Gasteiger partial charge < -0.3 is 29.2 Å². The summed E-state index contributed by atoms with van der Waals surface area (Å²) in [7, 11) is 3.12. The quantitative estimate of drug-likeness (QED) is 0.648. The van der Waals surface area contributed by atoms with Gasteiger partial charge in [-0.05, 0) is 42.0 Å². The Hall–Kier alpha value is -2.74. The number of H-pyrrole nitrogens is 1. The molecule has 2 atom stereocenters. The van der Waals surface area contributed by atoms with Crippen LogP contribution in [0.25, 0.3) is 10.9 Å². The molecule has 0 saturated carbocycles. The van der Waals surface area contributed by atoms with Crippen LogP contribution < -0.4 is 9.47 Å². The lowest BCUT2D eigenvalue weighted by Crippen LogP contribution is -2.49. The second-order valence-electron chi connectivity index (χ2n) is 7.06. The van der Waals surface area contributed by atoms with Crippen molar-refractivity contribution in [3.05, 3.63) is 58.7 Å². The number of halogens is 1. The van der Waals surface area contributed by atoms with E-state index in [4.69, 9.17) is 25.8 Å². The van der Waals surface area contributed by atoms with Gasteiger partial charge in [-0.1, -0.05) is 17.7 Å². The first-order valence-corrected chi connectivity index (χ1v) is 9.97. The van der Waals surface area contributed by atoms with E-state index in [1.165, 1.54) is 0 Å². The summed E-state index contributed by atoms with van der Waals surface area (Å²) in [4.78, 5) is 18.3. The van der Waals surface area contributed by atoms with Crippen molar-refractivity contribution in [1.82, 2.24) is 9.88 Å². The smallest absolute Gasteiger partial charge is 0.270 e. The van der Waals surface area contributed by atoms with E-state index in [9.17, 15) is 9.90 Å². The van der Waals surface area contributed by atoms with E-state index in [1.807, 2.05) is 24.3 Å². The Morgan fingerprint density at radius 1 is 1.20 bits per heavy atom. The molecular formula is C22H23ClN2O5. The Kier molecular flexibility index (Phi) is 5.85. The van der Waals surface area contributed by atoms with Crippen molar-refractivity contribution in [3.63, 3.8) is 0 Å². The van der Waals surface area contributed by atoms with Crippen LogP contribution in [0.3, 0.4) is 0 Å². The van der Waals surface area contributed by atoms with Crippen LogP contribution >= 0.6 is 11.6 Å². The van der Waals surface area contributed by atoms with Crippen molar-refractivity contribution >= 4 is 28.4 Å². The van der Waals surface area contributed by atoms with E-state index in [-0.39, 0.29) is 12.5 Å². The SMILES string of the molecule is COc1ccc([C@@H]2[C@@H](CO)OCCN2C(=O)c2cc3cc(Cl)ccc3[nH]2)cc1OC. The van der Waals surface area contributed by atoms with E-state index in [0.29, 0.717) is 35.4 Å². The van der Waals surface area contributed by atoms with Gasteiger partial charge in [-0.15, -0.1) is 0 Å². The normalized spacial score (nSPS) is 19.1. The molecule has 1 fully saturated rings. The molecule has 1 aromatic heterocycles. The summed E-state index contributed by atoms with van der Waals surface area (Å²) >= 11 is 6.07. The minimum atomic E-state index is -0.556. The summed E-state index contributed by atoms with van der Waals surface area (Å²) in [6, 6.07) is 12.2. The van der Waals surface area contributed by atoms with Crippen LogP contribution in [0.1, 0.15) is 22.1 Å². The number of aromatic nitrogens is 1. The number of amides is 1. The predicted octanol–water partition coefficient (Wildman–Crippen LogP) is 3.41. The number of aliphatic hydroxyl groups is 1. The van der Waals surface area contributed by atoms with E-state index in [1.54, 1.807) is 37.3 Å².